The smallest absolute Gasteiger partial charge is 0.274 e. The van der Waals surface area contributed by atoms with Crippen molar-refractivity contribution in [1.82, 2.24) is 5.32 Å². The average molecular weight is 297 g/mol. The van der Waals surface area contributed by atoms with Gasteiger partial charge in [0.2, 0.25) is 0 Å². The van der Waals surface area contributed by atoms with E-state index < -0.39 is 0 Å². The zero-order chi connectivity index (χ0) is 14.5. The number of nitrogens with zero attached hydrogens (tertiary/aromatic N) is 1. The van der Waals surface area contributed by atoms with Gasteiger partial charge in [0.1, 0.15) is 0 Å². The van der Waals surface area contributed by atoms with E-state index in [4.69, 9.17) is 11.6 Å². The summed E-state index contributed by atoms with van der Waals surface area (Å²) in [5.74, 6) is 0.714. The van der Waals surface area contributed by atoms with Gasteiger partial charge in [0.15, 0.2) is 0 Å². The monoisotopic (exact) mass is 296 g/mol. The first-order chi connectivity index (χ1) is 9.61. The molecule has 0 spiro atoms. The molecule has 1 atom stereocenters. The van der Waals surface area contributed by atoms with Crippen molar-refractivity contribution in [3.63, 3.8) is 0 Å². The minimum absolute atomic E-state index is 0.138. The van der Waals surface area contributed by atoms with E-state index >= 15 is 0 Å². The molecule has 1 N–H and O–H groups in total. The molecule has 0 radical (unpaired) electrons. The molecule has 1 fully saturated rings. The molecular formula is C15H21ClN2O2. The lowest BCUT2D eigenvalue weighted by Crippen LogP contribution is -2.32. The van der Waals surface area contributed by atoms with Gasteiger partial charge in [-0.05, 0) is 44.7 Å². The van der Waals surface area contributed by atoms with Crippen LogP contribution in [0.2, 0.25) is 5.02 Å². The highest BCUT2D eigenvalue weighted by atomic mass is 35.5. The summed E-state index contributed by atoms with van der Waals surface area (Å²) in [6.45, 7) is 0. The maximum Gasteiger partial charge on any atom is 0.274 e. The largest absolute Gasteiger partial charge is 0.317 e. The highest BCUT2D eigenvalue weighted by Crippen LogP contribution is 2.31. The van der Waals surface area contributed by atoms with Crippen LogP contribution >= 0.6 is 11.6 Å². The fraction of sp³-hybridized carbons (Fsp3) is 0.600. The predicted molar refractivity (Wildman–Crippen MR) is 81.2 cm³/mol. The molecule has 0 saturated heterocycles. The van der Waals surface area contributed by atoms with E-state index in [1.165, 1.54) is 31.7 Å². The summed E-state index contributed by atoms with van der Waals surface area (Å²) in [4.78, 5) is 10.7. The van der Waals surface area contributed by atoms with Crippen LogP contribution in [-0.2, 0) is 6.42 Å². The van der Waals surface area contributed by atoms with Gasteiger partial charge in [-0.15, -0.1) is 0 Å². The van der Waals surface area contributed by atoms with Crippen LogP contribution in [0.15, 0.2) is 18.2 Å². The Balaban J connectivity index is 2.03. The molecule has 4 nitrogen and oxygen atoms in total. The summed E-state index contributed by atoms with van der Waals surface area (Å²) in [6, 6.07) is 5.41. The van der Waals surface area contributed by atoms with Gasteiger partial charge in [-0.25, -0.2) is 0 Å². The maximum absolute atomic E-state index is 11.1. The molecule has 0 aliphatic heterocycles. The molecule has 0 heterocycles. The van der Waals surface area contributed by atoms with E-state index in [-0.39, 0.29) is 10.6 Å². The molecule has 0 amide bonds. The van der Waals surface area contributed by atoms with Gasteiger partial charge in [-0.1, -0.05) is 30.5 Å². The number of nitro groups is 1. The van der Waals surface area contributed by atoms with Crippen molar-refractivity contribution in [2.45, 2.75) is 44.6 Å². The molecule has 110 valence electrons. The Morgan fingerprint density at radius 2 is 2.15 bits per heavy atom. The Morgan fingerprint density at radius 1 is 1.45 bits per heavy atom. The van der Waals surface area contributed by atoms with E-state index in [2.05, 4.69) is 5.32 Å². The van der Waals surface area contributed by atoms with Crippen LogP contribution < -0.4 is 5.32 Å². The van der Waals surface area contributed by atoms with Gasteiger partial charge in [-0.3, -0.25) is 10.1 Å². The molecule has 5 heteroatoms. The zero-order valence-electron chi connectivity index (χ0n) is 11.8. The van der Waals surface area contributed by atoms with Crippen LogP contribution in [0.3, 0.4) is 0 Å². The summed E-state index contributed by atoms with van der Waals surface area (Å²) >= 11 is 5.84. The Morgan fingerprint density at radius 3 is 2.75 bits per heavy atom. The first-order valence-electron chi connectivity index (χ1n) is 7.22. The fourth-order valence-electron chi connectivity index (χ4n) is 3.20. The predicted octanol–water partition coefficient (Wildman–Crippen LogP) is 3.96. The Labute approximate surface area is 124 Å². The van der Waals surface area contributed by atoms with Crippen molar-refractivity contribution in [3.05, 3.63) is 38.9 Å². The third-order valence-electron chi connectivity index (χ3n) is 4.31. The number of nitro benzene ring substituents is 1. The quantitative estimate of drug-likeness (QED) is 0.638. The first-order valence-corrected chi connectivity index (χ1v) is 7.59. The molecule has 1 unspecified atom stereocenters. The van der Waals surface area contributed by atoms with E-state index in [0.717, 1.165) is 18.4 Å². The Bertz CT molecular complexity index is 473. The summed E-state index contributed by atoms with van der Waals surface area (Å²) in [7, 11) is 1.99. The molecule has 20 heavy (non-hydrogen) atoms. The number of hydrogen-bond donors (Lipinski definition) is 1. The van der Waals surface area contributed by atoms with Crippen molar-refractivity contribution in [2.75, 3.05) is 7.05 Å². The van der Waals surface area contributed by atoms with Crippen LogP contribution in [0.5, 0.6) is 0 Å². The molecular weight excluding hydrogens is 276 g/mol. The van der Waals surface area contributed by atoms with E-state index in [1.54, 1.807) is 12.1 Å². The Hall–Kier alpha value is -1.13. The van der Waals surface area contributed by atoms with Gasteiger partial charge in [0.05, 0.1) is 4.92 Å². The van der Waals surface area contributed by atoms with Crippen molar-refractivity contribution in [3.8, 4) is 0 Å². The van der Waals surface area contributed by atoms with Crippen LogP contribution in [-0.4, -0.2) is 18.0 Å². The highest BCUT2D eigenvalue weighted by Gasteiger charge is 2.24. The third kappa shape index (κ3) is 3.70. The molecule has 1 saturated carbocycles. The molecule has 0 aromatic heterocycles. The summed E-state index contributed by atoms with van der Waals surface area (Å²) in [6.07, 6.45) is 6.81. The van der Waals surface area contributed by atoms with Gasteiger partial charge < -0.3 is 5.32 Å². The molecule has 1 aromatic carbocycles. The second-order valence-electron chi connectivity index (χ2n) is 5.51. The Kier molecular flexibility index (Phi) is 5.38. The molecule has 1 aliphatic carbocycles. The minimum Gasteiger partial charge on any atom is -0.317 e. The van der Waals surface area contributed by atoms with Gasteiger partial charge in [-0.2, -0.15) is 0 Å². The van der Waals surface area contributed by atoms with E-state index in [9.17, 15) is 10.1 Å². The van der Waals surface area contributed by atoms with Crippen molar-refractivity contribution in [2.24, 2.45) is 5.92 Å². The number of aryl methyl sites for hydroxylation is 1. The summed E-state index contributed by atoms with van der Waals surface area (Å²) in [5, 5.41) is 14.9. The molecule has 2 rings (SSSR count). The number of benzene rings is 1. The van der Waals surface area contributed by atoms with Crippen LogP contribution in [0.25, 0.3) is 0 Å². The second-order valence-corrected chi connectivity index (χ2v) is 5.94. The lowest BCUT2D eigenvalue weighted by Gasteiger charge is -2.22. The third-order valence-corrected chi connectivity index (χ3v) is 4.54. The normalized spacial score (nSPS) is 17.3. The highest BCUT2D eigenvalue weighted by molar-refractivity contribution is 6.30. The minimum atomic E-state index is -0.342. The number of rotatable bonds is 6. The van der Waals surface area contributed by atoms with Gasteiger partial charge in [0.25, 0.3) is 5.69 Å². The second kappa shape index (κ2) is 7.04. The zero-order valence-corrected chi connectivity index (χ0v) is 12.5. The standard InChI is InChI=1S/C15H21ClN2O2/c1-17-14(11-4-2-3-5-11)9-7-12-6-8-13(16)10-15(12)18(19)20/h6,8,10-11,14,17H,2-5,7,9H2,1H3. The molecule has 0 bridgehead atoms. The van der Waals surface area contributed by atoms with Crippen molar-refractivity contribution < 1.29 is 4.92 Å². The van der Waals surface area contributed by atoms with Crippen molar-refractivity contribution >= 4 is 17.3 Å². The molecule has 1 aromatic rings. The topological polar surface area (TPSA) is 55.2 Å². The van der Waals surface area contributed by atoms with E-state index in [0.29, 0.717) is 17.0 Å². The summed E-state index contributed by atoms with van der Waals surface area (Å²) < 4.78 is 0. The number of halogens is 1. The summed E-state index contributed by atoms with van der Waals surface area (Å²) in [5.41, 5.74) is 0.913. The molecule has 1 aliphatic rings. The lowest BCUT2D eigenvalue weighted by atomic mass is 9.92. The van der Waals surface area contributed by atoms with Crippen molar-refractivity contribution in [1.29, 1.82) is 0 Å². The van der Waals surface area contributed by atoms with Gasteiger partial charge in [0, 0.05) is 22.7 Å². The van der Waals surface area contributed by atoms with Crippen LogP contribution in [0, 0.1) is 16.0 Å². The first kappa shape index (κ1) is 15.3. The van der Waals surface area contributed by atoms with E-state index in [1.807, 2.05) is 7.05 Å². The number of hydrogen-bond acceptors (Lipinski definition) is 3. The number of nitrogens with one attached hydrogen (secondary N) is 1. The van der Waals surface area contributed by atoms with Gasteiger partial charge >= 0.3 is 0 Å². The average Bonchev–Trinajstić information content (AvgIpc) is 2.94. The lowest BCUT2D eigenvalue weighted by molar-refractivity contribution is -0.385. The fourth-order valence-corrected chi connectivity index (χ4v) is 3.37. The SMILES string of the molecule is CNC(CCc1ccc(Cl)cc1[N+](=O)[O-])C1CCCC1. The maximum atomic E-state index is 11.1. The van der Waals surface area contributed by atoms with Crippen LogP contribution in [0.4, 0.5) is 5.69 Å². The van der Waals surface area contributed by atoms with Crippen LogP contribution in [0.1, 0.15) is 37.7 Å².